The fraction of sp³-hybridized carbons (Fsp3) is 0.257. The highest BCUT2D eigenvalue weighted by Crippen LogP contribution is 2.53. The van der Waals surface area contributed by atoms with Crippen LogP contribution in [0.3, 0.4) is 0 Å². The molecule has 248 valence electrons. The minimum Gasteiger partial charge on any atom is -0.510 e. The highest BCUT2D eigenvalue weighted by Gasteiger charge is 2.63. The Morgan fingerprint density at radius 3 is 2.21 bits per heavy atom. The van der Waals surface area contributed by atoms with Crippen molar-refractivity contribution in [3.05, 3.63) is 94.5 Å². The van der Waals surface area contributed by atoms with E-state index >= 15 is 0 Å². The minimum absolute atomic E-state index is 0.0278. The number of nitrogens with zero attached hydrogens (tertiary/aromatic N) is 1. The molecular formula is C35H33N3O10. The Kier molecular flexibility index (Phi) is 7.97. The molecule has 0 heterocycles. The molecule has 0 bridgehead atoms. The molecule has 7 N–H and O–H groups in total. The number of carbonyl (C=O) groups excluding carboxylic acids is 4. The van der Waals surface area contributed by atoms with Gasteiger partial charge in [-0.05, 0) is 92.0 Å². The van der Waals surface area contributed by atoms with Crippen LogP contribution in [-0.4, -0.2) is 81.7 Å². The maximum absolute atomic E-state index is 14.0. The number of nitrogens with one attached hydrogen (secondary N) is 1. The Hall–Kier alpha value is -5.66. The highest BCUT2D eigenvalue weighted by atomic mass is 16.6. The van der Waals surface area contributed by atoms with Crippen LogP contribution in [0.15, 0.2) is 83.3 Å². The van der Waals surface area contributed by atoms with E-state index in [4.69, 9.17) is 15.2 Å². The van der Waals surface area contributed by atoms with Crippen LogP contribution < -0.4 is 20.5 Å². The number of allylic oxidation sites excluding steroid dienone is 1. The molecule has 0 aliphatic heterocycles. The third-order valence-electron chi connectivity index (χ3n) is 9.32. The number of phenols is 1. The number of primary amides is 1. The van der Waals surface area contributed by atoms with E-state index in [0.717, 1.165) is 0 Å². The zero-order valence-corrected chi connectivity index (χ0v) is 26.2. The van der Waals surface area contributed by atoms with Gasteiger partial charge in [-0.25, -0.2) is 4.79 Å². The Balaban J connectivity index is 1.33. The average Bonchev–Trinajstić information content (AvgIpc) is 3.03. The van der Waals surface area contributed by atoms with Crippen molar-refractivity contribution >= 4 is 29.3 Å². The topological polar surface area (TPSA) is 209 Å². The maximum Gasteiger partial charge on any atom is 0.417 e. The van der Waals surface area contributed by atoms with E-state index in [2.05, 4.69) is 5.32 Å². The van der Waals surface area contributed by atoms with E-state index in [1.54, 1.807) is 68.7 Å². The largest absolute Gasteiger partial charge is 0.510 e. The first-order valence-electron chi connectivity index (χ1n) is 15.0. The summed E-state index contributed by atoms with van der Waals surface area (Å²) < 4.78 is 10.4. The van der Waals surface area contributed by atoms with Gasteiger partial charge in [-0.2, -0.15) is 0 Å². The van der Waals surface area contributed by atoms with Gasteiger partial charge in [-0.3, -0.25) is 24.6 Å². The van der Waals surface area contributed by atoms with Gasteiger partial charge >= 0.3 is 6.09 Å². The van der Waals surface area contributed by atoms with Gasteiger partial charge in [0.25, 0.3) is 5.91 Å². The second-order valence-corrected chi connectivity index (χ2v) is 12.2. The van der Waals surface area contributed by atoms with Gasteiger partial charge in [0, 0.05) is 17.2 Å². The maximum atomic E-state index is 14.0. The minimum atomic E-state index is -2.71. The molecule has 13 nitrogen and oxygen atoms in total. The van der Waals surface area contributed by atoms with Crippen LogP contribution in [0.4, 0.5) is 10.5 Å². The van der Waals surface area contributed by atoms with Crippen LogP contribution in [0.5, 0.6) is 17.2 Å². The summed E-state index contributed by atoms with van der Waals surface area (Å²) in [7, 11) is 4.67. The normalized spacial score (nSPS) is 23.3. The van der Waals surface area contributed by atoms with Gasteiger partial charge in [-0.1, -0.05) is 18.2 Å². The molecule has 0 radical (unpaired) electrons. The molecule has 2 amide bonds. The Morgan fingerprint density at radius 2 is 1.60 bits per heavy atom. The summed E-state index contributed by atoms with van der Waals surface area (Å²) in [6.45, 7) is 0. The van der Waals surface area contributed by atoms with Crippen molar-refractivity contribution in [1.29, 1.82) is 0 Å². The van der Waals surface area contributed by atoms with Crippen LogP contribution in [0.25, 0.3) is 11.1 Å². The van der Waals surface area contributed by atoms with Crippen molar-refractivity contribution in [2.45, 2.75) is 24.5 Å². The third kappa shape index (κ3) is 5.04. The van der Waals surface area contributed by atoms with Crippen molar-refractivity contribution in [2.24, 2.45) is 17.6 Å². The fourth-order valence-electron chi connectivity index (χ4n) is 7.15. The van der Waals surface area contributed by atoms with Crippen molar-refractivity contribution in [3.8, 4) is 28.4 Å². The predicted octanol–water partition coefficient (Wildman–Crippen LogP) is 3.41. The number of carbonyl (C=O) groups is 4. The second kappa shape index (κ2) is 11.9. The number of rotatable bonds is 6. The first kappa shape index (κ1) is 32.3. The molecular weight excluding hydrogens is 622 g/mol. The summed E-state index contributed by atoms with van der Waals surface area (Å²) in [5.41, 5.74) is 3.65. The van der Waals surface area contributed by atoms with Gasteiger partial charge in [-0.15, -0.1) is 0 Å². The van der Waals surface area contributed by atoms with Crippen molar-refractivity contribution in [1.82, 2.24) is 4.90 Å². The summed E-state index contributed by atoms with van der Waals surface area (Å²) in [5, 5.41) is 47.7. The standard InChI is InChI=1S/C35H33N3O10/c1-38(2)28-23-15-17-14-22-21(16-4-6-18(7-5-16)37-34(45)48-20-10-8-19(47-3)9-11-20)12-13-24(39)26(22)29(40)25(17)31(42)35(23,46)32(43)27(30(28)41)33(36)44/h4-13,17,23,28,39,41-42,46H,14-15H2,1-3H3,(H2,36,44)(H,37,45). The zero-order chi connectivity index (χ0) is 34.7. The lowest BCUT2D eigenvalue weighted by Crippen LogP contribution is -2.63. The number of likely N-dealkylation sites (N-methyl/N-ethyl adjacent to an activating group) is 1. The van der Waals surface area contributed by atoms with Crippen molar-refractivity contribution < 1.29 is 49.1 Å². The summed E-state index contributed by atoms with van der Waals surface area (Å²) in [6.07, 6.45) is -0.607. The molecule has 48 heavy (non-hydrogen) atoms. The fourth-order valence-corrected chi connectivity index (χ4v) is 7.15. The van der Waals surface area contributed by atoms with E-state index in [0.29, 0.717) is 33.9 Å². The first-order chi connectivity index (χ1) is 22.8. The number of hydrogen-bond acceptors (Lipinski definition) is 11. The van der Waals surface area contributed by atoms with E-state index in [1.807, 2.05) is 0 Å². The number of amides is 2. The number of aliphatic hydroxyl groups excluding tert-OH is 2. The first-order valence-corrected chi connectivity index (χ1v) is 15.0. The number of methoxy groups -OCH3 is 1. The molecule has 3 aromatic rings. The van der Waals surface area contributed by atoms with Gasteiger partial charge in [0.15, 0.2) is 11.4 Å². The SMILES string of the molecule is COc1ccc(OC(=O)Nc2ccc(-c3ccc(O)c4c3CC3CC5C(N(C)C)C(O)=C(C(N)=O)C(=O)C5(O)C(O)=C3C4=O)cc2)cc1. The average molecular weight is 656 g/mol. The van der Waals surface area contributed by atoms with Crippen LogP contribution in [0.1, 0.15) is 22.3 Å². The third-order valence-corrected chi connectivity index (χ3v) is 9.32. The molecule has 3 aromatic carbocycles. The Labute approximate surface area is 274 Å². The molecule has 3 aliphatic rings. The second-order valence-electron chi connectivity index (χ2n) is 12.2. The molecule has 13 heteroatoms. The molecule has 0 aromatic heterocycles. The molecule has 0 fully saturated rings. The number of anilines is 1. The van der Waals surface area contributed by atoms with E-state index in [-0.39, 0.29) is 29.7 Å². The lowest BCUT2D eigenvalue weighted by Gasteiger charge is -2.50. The molecule has 3 aliphatic carbocycles. The number of aliphatic hydroxyl groups is 3. The molecule has 0 saturated heterocycles. The van der Waals surface area contributed by atoms with Gasteiger partial charge < -0.3 is 35.6 Å². The summed E-state index contributed by atoms with van der Waals surface area (Å²) in [4.78, 5) is 53.6. The summed E-state index contributed by atoms with van der Waals surface area (Å²) >= 11 is 0. The van der Waals surface area contributed by atoms with Crippen LogP contribution >= 0.6 is 0 Å². The van der Waals surface area contributed by atoms with E-state index in [9.17, 15) is 39.6 Å². The van der Waals surface area contributed by atoms with Gasteiger partial charge in [0.05, 0.1) is 18.7 Å². The molecule has 6 rings (SSSR count). The lowest BCUT2D eigenvalue weighted by atomic mass is 9.58. The van der Waals surface area contributed by atoms with E-state index < -0.39 is 64.1 Å². The number of ketones is 2. The Morgan fingerprint density at radius 1 is 0.958 bits per heavy atom. The highest BCUT2D eigenvalue weighted by molar-refractivity contribution is 6.25. The van der Waals surface area contributed by atoms with Crippen molar-refractivity contribution in [2.75, 3.05) is 26.5 Å². The number of nitrogens with two attached hydrogens (primary N) is 1. The van der Waals surface area contributed by atoms with Crippen LogP contribution in [0, 0.1) is 11.8 Å². The Bertz CT molecular complexity index is 1930. The number of aromatic hydroxyl groups is 1. The lowest BCUT2D eigenvalue weighted by molar-refractivity contribution is -0.148. The monoisotopic (exact) mass is 655 g/mol. The predicted molar refractivity (Wildman–Crippen MR) is 172 cm³/mol. The van der Waals surface area contributed by atoms with Gasteiger partial charge in [0.1, 0.15) is 34.3 Å². The van der Waals surface area contributed by atoms with Crippen LogP contribution in [-0.2, 0) is 16.0 Å². The zero-order valence-electron chi connectivity index (χ0n) is 26.2. The molecule has 4 unspecified atom stereocenters. The molecule has 0 spiro atoms. The van der Waals surface area contributed by atoms with Crippen LogP contribution in [0.2, 0.25) is 0 Å². The number of ether oxygens (including phenoxy) is 2. The number of Topliss-reactive ketones (excluding diaryl/α,β-unsaturated/α-hetero) is 2. The van der Waals surface area contributed by atoms with Gasteiger partial charge in [0.2, 0.25) is 5.78 Å². The number of benzene rings is 3. The smallest absolute Gasteiger partial charge is 0.417 e. The number of hydrogen-bond donors (Lipinski definition) is 6. The number of fused-ring (bicyclic) bond motifs is 3. The summed E-state index contributed by atoms with van der Waals surface area (Å²) in [6, 6.07) is 15.1. The molecule has 4 atom stereocenters. The molecule has 0 saturated carbocycles. The number of phenolic OH excluding ortho intramolecular Hbond substituents is 1. The van der Waals surface area contributed by atoms with E-state index in [1.165, 1.54) is 18.1 Å². The summed E-state index contributed by atoms with van der Waals surface area (Å²) in [5.74, 6) is -6.19. The van der Waals surface area contributed by atoms with Crippen molar-refractivity contribution in [3.63, 3.8) is 0 Å². The quantitative estimate of drug-likeness (QED) is 0.212.